The third-order valence-corrected chi connectivity index (χ3v) is 3.48. The predicted octanol–water partition coefficient (Wildman–Crippen LogP) is 0.172. The second kappa shape index (κ2) is 6.02. The van der Waals surface area contributed by atoms with E-state index in [0.29, 0.717) is 5.75 Å². The molecule has 0 spiro atoms. The fourth-order valence-electron chi connectivity index (χ4n) is 1.46. The Labute approximate surface area is 103 Å². The lowest BCUT2D eigenvalue weighted by Crippen LogP contribution is -2.44. The number of ether oxygens (including phenoxy) is 1. The van der Waals surface area contributed by atoms with Crippen molar-refractivity contribution in [1.29, 1.82) is 0 Å². The molecule has 0 aromatic rings. The zero-order chi connectivity index (χ0) is 13.0. The molecule has 6 nitrogen and oxygen atoms in total. The van der Waals surface area contributed by atoms with Crippen LogP contribution in [0.2, 0.25) is 0 Å². The Balaban J connectivity index is 2.56. The van der Waals surface area contributed by atoms with Crippen molar-refractivity contribution < 1.29 is 24.2 Å². The molecule has 0 aliphatic carbocycles. The van der Waals surface area contributed by atoms with E-state index >= 15 is 0 Å². The van der Waals surface area contributed by atoms with Crippen LogP contribution in [0, 0.1) is 5.92 Å². The molecule has 0 bridgehead atoms. The summed E-state index contributed by atoms with van der Waals surface area (Å²) in [5.41, 5.74) is 0. The summed E-state index contributed by atoms with van der Waals surface area (Å²) in [5, 5.41) is 8.84. The number of carbonyl (C=O) groups excluding carboxylic acids is 2. The first-order valence-electron chi connectivity index (χ1n) is 5.18. The summed E-state index contributed by atoms with van der Waals surface area (Å²) in [6, 6.07) is -0.910. The summed E-state index contributed by atoms with van der Waals surface area (Å²) in [6.45, 7) is 3.13. The fraction of sp³-hybridized carbons (Fsp3) is 0.700. The zero-order valence-electron chi connectivity index (χ0n) is 9.71. The highest BCUT2D eigenvalue weighted by molar-refractivity contribution is 8.13. The minimum absolute atomic E-state index is 0.00484. The number of hydrogen-bond acceptors (Lipinski definition) is 5. The van der Waals surface area contributed by atoms with Gasteiger partial charge in [0, 0.05) is 18.6 Å². The summed E-state index contributed by atoms with van der Waals surface area (Å²) < 4.78 is 4.98. The smallest absolute Gasteiger partial charge is 0.328 e. The molecule has 0 aromatic carbocycles. The molecule has 7 heteroatoms. The van der Waals surface area contributed by atoms with E-state index in [2.05, 4.69) is 0 Å². The third kappa shape index (κ3) is 3.71. The SMILES string of the molecule is CC(=O)SC[C@@H](C)C(=O)N1COCC1C(=O)O. The quantitative estimate of drug-likeness (QED) is 0.776. The Bertz CT molecular complexity index is 333. The summed E-state index contributed by atoms with van der Waals surface area (Å²) >= 11 is 1.06. The van der Waals surface area contributed by atoms with Gasteiger partial charge in [0.2, 0.25) is 5.91 Å². The summed E-state index contributed by atoms with van der Waals surface area (Å²) in [5.74, 6) is -1.39. The van der Waals surface area contributed by atoms with Crippen molar-refractivity contribution in [3.8, 4) is 0 Å². The second-order valence-electron chi connectivity index (χ2n) is 3.87. The van der Waals surface area contributed by atoms with Crippen LogP contribution < -0.4 is 0 Å². The first-order valence-corrected chi connectivity index (χ1v) is 6.16. The van der Waals surface area contributed by atoms with Crippen LogP contribution in [0.25, 0.3) is 0 Å². The van der Waals surface area contributed by atoms with Gasteiger partial charge in [-0.05, 0) is 0 Å². The number of rotatable bonds is 4. The minimum atomic E-state index is -1.07. The predicted molar refractivity (Wildman–Crippen MR) is 61.4 cm³/mol. The number of aliphatic carboxylic acids is 1. The van der Waals surface area contributed by atoms with E-state index in [0.717, 1.165) is 11.8 Å². The van der Waals surface area contributed by atoms with Gasteiger partial charge in [0.05, 0.1) is 6.61 Å². The van der Waals surface area contributed by atoms with Crippen molar-refractivity contribution in [2.24, 2.45) is 5.92 Å². The van der Waals surface area contributed by atoms with Crippen LogP contribution in [0.15, 0.2) is 0 Å². The molecule has 1 aliphatic rings. The highest BCUT2D eigenvalue weighted by atomic mass is 32.2. The standard InChI is InChI=1S/C10H15NO5S/c1-6(4-17-7(2)12)9(13)11-5-16-3-8(11)10(14)15/h6,8H,3-5H2,1-2H3,(H,14,15)/t6-,8?/m1/s1. The molecule has 96 valence electrons. The van der Waals surface area contributed by atoms with Crippen molar-refractivity contribution in [3.63, 3.8) is 0 Å². The van der Waals surface area contributed by atoms with Crippen LogP contribution in [0.5, 0.6) is 0 Å². The maximum absolute atomic E-state index is 11.9. The Morgan fingerprint density at radius 2 is 2.18 bits per heavy atom. The normalized spacial score (nSPS) is 21.3. The number of thioether (sulfide) groups is 1. The molecule has 1 N–H and O–H groups in total. The molecule has 0 radical (unpaired) electrons. The summed E-state index contributed by atoms with van der Waals surface area (Å²) in [7, 11) is 0. The lowest BCUT2D eigenvalue weighted by molar-refractivity contribution is -0.149. The fourth-order valence-corrected chi connectivity index (χ4v) is 2.09. The van der Waals surface area contributed by atoms with Gasteiger partial charge in [0.15, 0.2) is 11.2 Å². The number of nitrogens with zero attached hydrogens (tertiary/aromatic N) is 1. The van der Waals surface area contributed by atoms with Gasteiger partial charge in [-0.3, -0.25) is 9.59 Å². The molecule has 2 atom stereocenters. The van der Waals surface area contributed by atoms with E-state index in [1.54, 1.807) is 6.92 Å². The lowest BCUT2D eigenvalue weighted by atomic mass is 10.1. The van der Waals surface area contributed by atoms with Gasteiger partial charge in [-0.2, -0.15) is 0 Å². The van der Waals surface area contributed by atoms with Crippen molar-refractivity contribution in [2.45, 2.75) is 19.9 Å². The molecular formula is C10H15NO5S. The van der Waals surface area contributed by atoms with Crippen LogP contribution in [0.3, 0.4) is 0 Å². The van der Waals surface area contributed by atoms with E-state index < -0.39 is 17.9 Å². The van der Waals surface area contributed by atoms with Crippen molar-refractivity contribution in [1.82, 2.24) is 4.90 Å². The Morgan fingerprint density at radius 3 is 2.71 bits per heavy atom. The van der Waals surface area contributed by atoms with Gasteiger partial charge in [-0.15, -0.1) is 0 Å². The van der Waals surface area contributed by atoms with Crippen LogP contribution in [0.4, 0.5) is 0 Å². The molecule has 1 aliphatic heterocycles. The molecule has 17 heavy (non-hydrogen) atoms. The molecule has 1 amide bonds. The van der Waals surface area contributed by atoms with Crippen LogP contribution in [-0.4, -0.2) is 52.1 Å². The van der Waals surface area contributed by atoms with Gasteiger partial charge in [0.1, 0.15) is 6.73 Å². The van der Waals surface area contributed by atoms with E-state index in [-0.39, 0.29) is 24.4 Å². The summed E-state index contributed by atoms with van der Waals surface area (Å²) in [6.07, 6.45) is 0. The number of carboxylic acids is 1. The summed E-state index contributed by atoms with van der Waals surface area (Å²) in [4.78, 5) is 34.8. The van der Waals surface area contributed by atoms with Crippen LogP contribution in [0.1, 0.15) is 13.8 Å². The molecule has 0 saturated carbocycles. The van der Waals surface area contributed by atoms with Crippen LogP contribution >= 0.6 is 11.8 Å². The van der Waals surface area contributed by atoms with E-state index in [9.17, 15) is 14.4 Å². The van der Waals surface area contributed by atoms with E-state index in [4.69, 9.17) is 9.84 Å². The Kier molecular flexibility index (Phi) is 4.95. The number of carboxylic acid groups (broad SMARTS) is 1. The maximum atomic E-state index is 11.9. The van der Waals surface area contributed by atoms with Crippen molar-refractivity contribution in [3.05, 3.63) is 0 Å². The third-order valence-electron chi connectivity index (χ3n) is 2.41. The van der Waals surface area contributed by atoms with Gasteiger partial charge < -0.3 is 14.7 Å². The van der Waals surface area contributed by atoms with Gasteiger partial charge in [0.25, 0.3) is 0 Å². The number of carbonyl (C=O) groups is 3. The topological polar surface area (TPSA) is 83.9 Å². The van der Waals surface area contributed by atoms with Gasteiger partial charge >= 0.3 is 5.97 Å². The van der Waals surface area contributed by atoms with Gasteiger partial charge in [-0.1, -0.05) is 18.7 Å². The minimum Gasteiger partial charge on any atom is -0.480 e. The van der Waals surface area contributed by atoms with E-state index in [1.165, 1.54) is 11.8 Å². The van der Waals surface area contributed by atoms with Crippen molar-refractivity contribution in [2.75, 3.05) is 19.1 Å². The highest BCUT2D eigenvalue weighted by Crippen LogP contribution is 2.17. The molecule has 0 aromatic heterocycles. The molecule has 1 heterocycles. The monoisotopic (exact) mass is 261 g/mol. The Hall–Kier alpha value is -1.08. The largest absolute Gasteiger partial charge is 0.480 e. The Morgan fingerprint density at radius 1 is 1.53 bits per heavy atom. The first-order chi connectivity index (χ1) is 7.93. The highest BCUT2D eigenvalue weighted by Gasteiger charge is 2.36. The lowest BCUT2D eigenvalue weighted by Gasteiger charge is -2.22. The molecule has 1 fully saturated rings. The molecule has 1 saturated heterocycles. The number of amides is 1. The molecule has 1 rings (SSSR count). The molecule has 1 unspecified atom stereocenters. The van der Waals surface area contributed by atoms with Crippen LogP contribution in [-0.2, 0) is 19.1 Å². The van der Waals surface area contributed by atoms with Crippen molar-refractivity contribution >= 4 is 28.8 Å². The average Bonchev–Trinajstić information content (AvgIpc) is 2.73. The number of hydrogen-bond donors (Lipinski definition) is 1. The maximum Gasteiger partial charge on any atom is 0.328 e. The average molecular weight is 261 g/mol. The zero-order valence-corrected chi connectivity index (χ0v) is 10.5. The van der Waals surface area contributed by atoms with E-state index in [1.807, 2.05) is 0 Å². The first kappa shape index (κ1) is 14.0. The second-order valence-corrected chi connectivity index (χ2v) is 5.06. The molecular weight excluding hydrogens is 246 g/mol. The van der Waals surface area contributed by atoms with Gasteiger partial charge in [-0.25, -0.2) is 4.79 Å².